The quantitative estimate of drug-likeness (QED) is 0.0150. The molecule has 0 saturated carbocycles. The molecular weight excluding hydrogens is 1890 g/mol. The molecule has 748 valence electrons. The van der Waals surface area contributed by atoms with Crippen molar-refractivity contribution in [2.45, 2.75) is 243 Å². The molecule has 11 rings (SSSR count). The van der Waals surface area contributed by atoms with E-state index < -0.39 is 141 Å². The minimum atomic E-state index is -3.03. The molecule has 0 spiro atoms. The van der Waals surface area contributed by atoms with Gasteiger partial charge in [-0.3, -0.25) is 0 Å². The zero-order valence-electron chi connectivity index (χ0n) is 85.4. The van der Waals surface area contributed by atoms with Crippen LogP contribution >= 0.6 is 0 Å². The van der Waals surface area contributed by atoms with E-state index in [0.717, 1.165) is 37.3 Å². The van der Waals surface area contributed by atoms with E-state index in [1.54, 1.807) is 126 Å². The number of esters is 4. The van der Waals surface area contributed by atoms with Gasteiger partial charge in [-0.25, -0.2) is 14.0 Å². The Balaban J connectivity index is 0.000000288. The summed E-state index contributed by atoms with van der Waals surface area (Å²) in [5.41, 5.74) is 2.18. The van der Waals surface area contributed by atoms with Crippen molar-refractivity contribution in [2.75, 3.05) is 55.2 Å². The molecule has 27 heteroatoms. The predicted molar refractivity (Wildman–Crippen MR) is 557 cm³/mol. The number of hydrogen-bond acceptors (Lipinski definition) is 20. The maximum absolute atomic E-state index is 17.8. The second kappa shape index (κ2) is 50.2. The first-order valence-electron chi connectivity index (χ1n) is 47.8. The van der Waals surface area contributed by atoms with E-state index in [2.05, 4.69) is 141 Å². The molecule has 20 nitrogen and oxygen atoms in total. The van der Waals surface area contributed by atoms with E-state index >= 15 is 8.78 Å². The van der Waals surface area contributed by atoms with Crippen molar-refractivity contribution in [2.24, 2.45) is 11.8 Å². The minimum absolute atomic E-state index is 0.106. The molecule has 3 unspecified atom stereocenters. The predicted octanol–water partition coefficient (Wildman–Crippen LogP) is 22.0. The zero-order chi connectivity index (χ0) is 101. The summed E-state index contributed by atoms with van der Waals surface area (Å²) >= 11 is -0.273. The van der Waals surface area contributed by atoms with Gasteiger partial charge >= 0.3 is 359 Å². The van der Waals surface area contributed by atoms with Crippen LogP contribution in [-0.2, 0) is 56.2 Å². The Labute approximate surface area is 833 Å². The van der Waals surface area contributed by atoms with Crippen molar-refractivity contribution in [3.63, 3.8) is 0 Å². The number of methoxy groups -OCH3 is 4. The number of ether oxygens (including phenoxy) is 14. The molecule has 2 aliphatic rings. The van der Waals surface area contributed by atoms with Crippen LogP contribution < -0.4 is 44.2 Å². The molecule has 9 aromatic carbocycles. The molecule has 2 fully saturated rings. The average molecular weight is 2040 g/mol. The second-order valence-electron chi connectivity index (χ2n) is 40.8. The van der Waals surface area contributed by atoms with Gasteiger partial charge < -0.3 is 37.6 Å². The summed E-state index contributed by atoms with van der Waals surface area (Å²) in [6.07, 6.45) is -0.161. The summed E-state index contributed by atoms with van der Waals surface area (Å²) in [4.78, 5) is 55.7. The Bertz CT molecular complexity index is 5420. The van der Waals surface area contributed by atoms with Gasteiger partial charge in [0, 0.05) is 33.3 Å². The summed E-state index contributed by atoms with van der Waals surface area (Å²) in [7, 11) is -2.99. The summed E-state index contributed by atoms with van der Waals surface area (Å²) in [5.74, 6) is -5.70. The summed E-state index contributed by atoms with van der Waals surface area (Å²) in [6.45, 7) is 41.7. The Kier molecular flexibility index (Phi) is 40.2. The fourth-order valence-corrected chi connectivity index (χ4v) is 30.8. The number of rotatable bonds is 45. The van der Waals surface area contributed by atoms with Crippen molar-refractivity contribution in [1.82, 2.24) is 0 Å². The monoisotopic (exact) mass is 2040 g/mol. The van der Waals surface area contributed by atoms with Gasteiger partial charge in [0.15, 0.2) is 18.7 Å². The number of carbonyl (C=O) groups is 4. The fraction of sp³-hybridized carbons (Fsp3) is 0.429. The van der Waals surface area contributed by atoms with Crippen LogP contribution in [0.2, 0.25) is 61.4 Å². The third kappa shape index (κ3) is 30.4. The molecule has 0 radical (unpaired) electrons. The Hall–Kier alpha value is -9.79. The molecular formula is C112H144F2O20SeSi4. The number of carbonyl (C=O) groups excluding carboxylic acids is 4. The first-order valence-corrected chi connectivity index (χ1v) is 60.9. The van der Waals surface area contributed by atoms with Crippen LogP contribution in [0.5, 0.6) is 23.0 Å². The average Bonchev–Trinajstić information content (AvgIpc) is 1.47. The van der Waals surface area contributed by atoms with Crippen LogP contribution in [0.1, 0.15) is 174 Å². The Morgan fingerprint density at radius 3 is 1.18 bits per heavy atom. The Morgan fingerprint density at radius 1 is 0.453 bits per heavy atom. The SMILES string of the molecule is COCOc1cc(OC)cc(/C=C/C[C@@H]2OC(C)(C)O[C@@H]2C(OC(=O)c2ccccc2)/C(F)=C\[C@H](C)[C@H](C)O[Si](c2ccccc2)(c2ccccc2)C(C)(C)C)c1C(=O)OCC[Si](C)(C)C.COCOc1cc(OC)cc(C(CC[C@@H]2OC(C)(C)O[C@@H]2C(OC(=O)c2ccccc2)/C(F)=C\[C@H](C)[C@H](C)O[Si](c2ccccc2)(c2ccccc2)C(C)(C)C)[Se]c2ccccc2)c1C(=O)OCC[Si](C)(C)C. The van der Waals surface area contributed by atoms with Gasteiger partial charge in [-0.2, -0.15) is 0 Å². The van der Waals surface area contributed by atoms with Crippen molar-refractivity contribution < 1.29 is 103 Å². The fourth-order valence-electron chi connectivity index (χ4n) is 17.2. The van der Waals surface area contributed by atoms with Crippen molar-refractivity contribution >= 4 is 103 Å². The van der Waals surface area contributed by atoms with E-state index in [-0.39, 0.29) is 91.3 Å². The standard InChI is InChI=1S/C59H75FO10SeSi2.C53H69FO10Si2/c1-41(42(2)70-73(58(3,4)5,46-29-21-15-22-30-46)47-31-23-16-24-32-47)37-49(60)54(67-56(61)43-25-17-13-18-26-43)55-50(68-59(6,7)69-55)33-34-52(71-45-27-19-14-20-28-45)48-38-44(64-9)39-51(66-40-63-8)53(48)57(62)65-35-36-72(10,11)12;1-37(38(2)64-66(52(3,4)5,42-26-18-14-19-27-42)43-28-20-15-21-29-43)33-44(54)48(61-50(55)39-23-16-13-17-24-39)49-45(62-53(6,7)63-49)30-22-25-40-34-41(58-9)35-46(60-36-57-8)47(40)51(56)59-31-32-65(10,11)12/h13-32,37-39,41-42,50,52,54-55H,33-36,40H2,1-12H3;13-29,33-35,37-38,45,48-49H,30-32,36H2,1-12H3/b49-37+;25-22+,44-33+/t41-,42-,50-,52?,54?,55-;37-,38-,45-,48?,49-/m00/s1. The normalized spacial score (nSPS) is 17.9. The van der Waals surface area contributed by atoms with E-state index in [0.29, 0.717) is 41.0 Å². The first kappa shape index (κ1) is 111. The molecule has 11 atom stereocenters. The van der Waals surface area contributed by atoms with Gasteiger partial charge in [-0.05, 0) is 93.9 Å². The molecule has 2 aliphatic heterocycles. The van der Waals surface area contributed by atoms with Gasteiger partial charge in [-0.15, -0.1) is 0 Å². The van der Waals surface area contributed by atoms with Crippen LogP contribution in [-0.4, -0.2) is 187 Å². The van der Waals surface area contributed by atoms with E-state index in [9.17, 15) is 19.2 Å². The van der Waals surface area contributed by atoms with Gasteiger partial charge in [0.05, 0.1) is 25.4 Å². The summed E-state index contributed by atoms with van der Waals surface area (Å²) < 4.78 is 135. The second-order valence-corrected chi connectivity index (χ2v) is 63.2. The van der Waals surface area contributed by atoms with E-state index in [1.165, 1.54) is 33.5 Å². The van der Waals surface area contributed by atoms with Crippen LogP contribution in [0.15, 0.2) is 266 Å². The summed E-state index contributed by atoms with van der Waals surface area (Å²) in [5, 5.41) is 3.81. The molecule has 2 heterocycles. The van der Waals surface area contributed by atoms with Gasteiger partial charge in [0.25, 0.3) is 8.32 Å². The van der Waals surface area contributed by atoms with Gasteiger partial charge in [0.2, 0.25) is 0 Å². The third-order valence-corrected chi connectivity index (χ3v) is 41.1. The molecule has 0 bridgehead atoms. The van der Waals surface area contributed by atoms with Crippen molar-refractivity contribution in [3.05, 3.63) is 300 Å². The molecule has 0 aliphatic carbocycles. The summed E-state index contributed by atoms with van der Waals surface area (Å²) in [6, 6.07) is 76.8. The van der Waals surface area contributed by atoms with Crippen molar-refractivity contribution in [1.29, 1.82) is 0 Å². The number of halogens is 2. The number of hydrogen-bond donors (Lipinski definition) is 0. The van der Waals surface area contributed by atoms with Gasteiger partial charge in [-0.1, -0.05) is 220 Å². The first-order chi connectivity index (χ1) is 65.8. The van der Waals surface area contributed by atoms with E-state index in [1.807, 2.05) is 125 Å². The van der Waals surface area contributed by atoms with Crippen LogP contribution in [0.25, 0.3) is 6.08 Å². The molecule has 9 aromatic rings. The van der Waals surface area contributed by atoms with Crippen LogP contribution in [0.4, 0.5) is 8.78 Å². The van der Waals surface area contributed by atoms with E-state index in [4.69, 9.17) is 75.2 Å². The zero-order valence-corrected chi connectivity index (χ0v) is 91.1. The Morgan fingerprint density at radius 2 is 0.806 bits per heavy atom. The molecule has 2 saturated heterocycles. The molecule has 0 amide bonds. The van der Waals surface area contributed by atoms with Crippen molar-refractivity contribution in [3.8, 4) is 23.0 Å². The molecule has 0 aromatic heterocycles. The topological polar surface area (TPSA) is 216 Å². The van der Waals surface area contributed by atoms with Crippen LogP contribution in [0, 0.1) is 11.8 Å². The van der Waals surface area contributed by atoms with Crippen LogP contribution in [0.3, 0.4) is 0 Å². The third-order valence-electron chi connectivity index (χ3n) is 24.6. The molecule has 139 heavy (non-hydrogen) atoms. The molecule has 0 N–H and O–H groups in total. The maximum atomic E-state index is 17.8. The van der Waals surface area contributed by atoms with Gasteiger partial charge in [0.1, 0.15) is 29.0 Å². The number of benzene rings is 9.